The first-order valence-electron chi connectivity index (χ1n) is 5.24. The molecule has 0 fully saturated rings. The van der Waals surface area contributed by atoms with Crippen molar-refractivity contribution in [3.63, 3.8) is 0 Å². The maximum absolute atomic E-state index is 11.2. The molecule has 2 aromatic rings. The van der Waals surface area contributed by atoms with E-state index in [9.17, 15) is 4.79 Å². The molecule has 94 valence electrons. The fourth-order valence-electron chi connectivity index (χ4n) is 1.35. The topological polar surface area (TPSA) is 39.4 Å². The number of halogens is 1. The van der Waals surface area contributed by atoms with Gasteiger partial charge in [-0.1, -0.05) is 15.9 Å². The van der Waals surface area contributed by atoms with Crippen molar-refractivity contribution >= 4 is 33.7 Å². The third-order valence-corrected chi connectivity index (χ3v) is 3.81. The van der Waals surface area contributed by atoms with Gasteiger partial charge >= 0.3 is 5.97 Å². The number of hydrogen-bond donors (Lipinski definition) is 0. The van der Waals surface area contributed by atoms with Crippen molar-refractivity contribution in [2.24, 2.45) is 0 Å². The molecule has 0 saturated heterocycles. The summed E-state index contributed by atoms with van der Waals surface area (Å²) in [7, 11) is 1.33. The van der Waals surface area contributed by atoms with Crippen molar-refractivity contribution in [1.29, 1.82) is 0 Å². The molecule has 0 radical (unpaired) electrons. The van der Waals surface area contributed by atoms with Crippen LogP contribution in [-0.2, 0) is 10.5 Å². The highest BCUT2D eigenvalue weighted by Gasteiger charge is 2.10. The van der Waals surface area contributed by atoms with E-state index in [1.807, 2.05) is 24.3 Å². The van der Waals surface area contributed by atoms with E-state index < -0.39 is 5.97 Å². The van der Waals surface area contributed by atoms with Crippen molar-refractivity contribution in [2.45, 2.75) is 10.6 Å². The second kappa shape index (κ2) is 6.11. The molecule has 0 aliphatic carbocycles. The standard InChI is InChI=1S/C13H11BrO3S/c1-16-13(15)12-7-4-10(17-12)8-18-11-5-2-9(14)3-6-11/h2-7H,8H2,1H3. The molecule has 0 spiro atoms. The van der Waals surface area contributed by atoms with Gasteiger partial charge in [-0.2, -0.15) is 0 Å². The van der Waals surface area contributed by atoms with Gasteiger partial charge in [-0.15, -0.1) is 11.8 Å². The number of thioether (sulfide) groups is 1. The predicted molar refractivity (Wildman–Crippen MR) is 73.8 cm³/mol. The highest BCUT2D eigenvalue weighted by atomic mass is 79.9. The van der Waals surface area contributed by atoms with E-state index in [-0.39, 0.29) is 5.76 Å². The lowest BCUT2D eigenvalue weighted by atomic mass is 10.4. The largest absolute Gasteiger partial charge is 0.463 e. The number of benzene rings is 1. The van der Waals surface area contributed by atoms with Crippen LogP contribution in [0.25, 0.3) is 0 Å². The summed E-state index contributed by atoms with van der Waals surface area (Å²) in [6.07, 6.45) is 0. The smallest absolute Gasteiger partial charge is 0.373 e. The molecule has 0 amide bonds. The first-order valence-corrected chi connectivity index (χ1v) is 7.02. The molecule has 2 rings (SSSR count). The van der Waals surface area contributed by atoms with E-state index in [0.717, 1.165) is 15.1 Å². The van der Waals surface area contributed by atoms with Crippen molar-refractivity contribution in [3.8, 4) is 0 Å². The Bertz CT molecular complexity index is 533. The molecule has 0 bridgehead atoms. The molecule has 0 aliphatic heterocycles. The Morgan fingerprint density at radius 2 is 2.00 bits per heavy atom. The van der Waals surface area contributed by atoms with E-state index in [1.165, 1.54) is 7.11 Å². The van der Waals surface area contributed by atoms with E-state index in [4.69, 9.17) is 4.42 Å². The Morgan fingerprint density at radius 1 is 1.28 bits per heavy atom. The number of furan rings is 1. The summed E-state index contributed by atoms with van der Waals surface area (Å²) in [6.45, 7) is 0. The molecule has 1 aromatic carbocycles. The van der Waals surface area contributed by atoms with Gasteiger partial charge in [0, 0.05) is 9.37 Å². The van der Waals surface area contributed by atoms with Crippen LogP contribution in [-0.4, -0.2) is 13.1 Å². The molecule has 0 saturated carbocycles. The first-order chi connectivity index (χ1) is 8.69. The lowest BCUT2D eigenvalue weighted by Gasteiger charge is -1.99. The zero-order valence-electron chi connectivity index (χ0n) is 9.68. The van der Waals surface area contributed by atoms with Gasteiger partial charge < -0.3 is 9.15 Å². The molecule has 0 aliphatic rings. The second-order valence-electron chi connectivity index (χ2n) is 3.50. The van der Waals surface area contributed by atoms with Crippen molar-refractivity contribution in [2.75, 3.05) is 7.11 Å². The van der Waals surface area contributed by atoms with Gasteiger partial charge in [0.25, 0.3) is 0 Å². The fourth-order valence-corrected chi connectivity index (χ4v) is 2.41. The maximum atomic E-state index is 11.2. The fraction of sp³-hybridized carbons (Fsp3) is 0.154. The average Bonchev–Trinajstić information content (AvgIpc) is 2.86. The number of methoxy groups -OCH3 is 1. The van der Waals surface area contributed by atoms with Crippen LogP contribution in [0.5, 0.6) is 0 Å². The summed E-state index contributed by atoms with van der Waals surface area (Å²) >= 11 is 5.04. The van der Waals surface area contributed by atoms with E-state index in [2.05, 4.69) is 20.7 Å². The number of ether oxygens (including phenoxy) is 1. The Hall–Kier alpha value is -1.20. The van der Waals surface area contributed by atoms with Crippen LogP contribution in [0.4, 0.5) is 0 Å². The van der Waals surface area contributed by atoms with Crippen molar-refractivity contribution < 1.29 is 13.9 Å². The van der Waals surface area contributed by atoms with Crippen LogP contribution < -0.4 is 0 Å². The highest BCUT2D eigenvalue weighted by Crippen LogP contribution is 2.25. The molecule has 1 heterocycles. The Kier molecular flexibility index (Phi) is 4.49. The summed E-state index contributed by atoms with van der Waals surface area (Å²) < 4.78 is 11.0. The summed E-state index contributed by atoms with van der Waals surface area (Å²) in [5.41, 5.74) is 0. The Morgan fingerprint density at radius 3 is 2.67 bits per heavy atom. The number of esters is 1. The predicted octanol–water partition coefficient (Wildman–Crippen LogP) is 4.12. The minimum atomic E-state index is -0.449. The zero-order chi connectivity index (χ0) is 13.0. The van der Waals surface area contributed by atoms with Gasteiger partial charge in [0.1, 0.15) is 5.76 Å². The summed E-state index contributed by atoms with van der Waals surface area (Å²) in [6, 6.07) is 11.5. The third kappa shape index (κ3) is 3.40. The average molecular weight is 327 g/mol. The molecule has 1 aromatic heterocycles. The van der Waals surface area contributed by atoms with Gasteiger partial charge in [0.15, 0.2) is 0 Å². The molecular weight excluding hydrogens is 316 g/mol. The number of hydrogen-bond acceptors (Lipinski definition) is 4. The molecule has 5 heteroatoms. The van der Waals surface area contributed by atoms with Crippen LogP contribution >= 0.6 is 27.7 Å². The SMILES string of the molecule is COC(=O)c1ccc(CSc2ccc(Br)cc2)o1. The minimum absolute atomic E-state index is 0.240. The van der Waals surface area contributed by atoms with E-state index in [1.54, 1.807) is 23.9 Å². The number of carbonyl (C=O) groups is 1. The Labute approximate surface area is 118 Å². The van der Waals surface area contributed by atoms with Crippen molar-refractivity contribution in [3.05, 3.63) is 52.4 Å². The minimum Gasteiger partial charge on any atom is -0.463 e. The van der Waals surface area contributed by atoms with E-state index in [0.29, 0.717) is 5.75 Å². The second-order valence-corrected chi connectivity index (χ2v) is 5.46. The lowest BCUT2D eigenvalue weighted by molar-refractivity contribution is 0.0563. The number of rotatable bonds is 4. The van der Waals surface area contributed by atoms with Crippen LogP contribution in [0.15, 0.2) is 50.2 Å². The van der Waals surface area contributed by atoms with Gasteiger partial charge in [-0.25, -0.2) is 4.79 Å². The summed E-state index contributed by atoms with van der Waals surface area (Å²) in [5, 5.41) is 0. The van der Waals surface area contributed by atoms with Gasteiger partial charge in [0.05, 0.1) is 12.9 Å². The summed E-state index contributed by atoms with van der Waals surface area (Å²) in [5.74, 6) is 1.22. The van der Waals surface area contributed by atoms with E-state index >= 15 is 0 Å². The quantitative estimate of drug-likeness (QED) is 0.625. The Balaban J connectivity index is 1.96. The first kappa shape index (κ1) is 13.2. The maximum Gasteiger partial charge on any atom is 0.373 e. The molecule has 3 nitrogen and oxygen atoms in total. The summed E-state index contributed by atoms with van der Waals surface area (Å²) in [4.78, 5) is 12.4. The molecular formula is C13H11BrO3S. The van der Waals surface area contributed by atoms with Gasteiger partial charge in [-0.3, -0.25) is 0 Å². The van der Waals surface area contributed by atoms with Gasteiger partial charge in [-0.05, 0) is 36.4 Å². The van der Waals surface area contributed by atoms with Crippen LogP contribution in [0.2, 0.25) is 0 Å². The zero-order valence-corrected chi connectivity index (χ0v) is 12.1. The number of carbonyl (C=O) groups excluding carboxylic acids is 1. The van der Waals surface area contributed by atoms with Crippen LogP contribution in [0, 0.1) is 0 Å². The van der Waals surface area contributed by atoms with Gasteiger partial charge in [0.2, 0.25) is 5.76 Å². The molecule has 0 atom stereocenters. The van der Waals surface area contributed by atoms with Crippen LogP contribution in [0.3, 0.4) is 0 Å². The molecule has 0 unspecified atom stereocenters. The molecule has 18 heavy (non-hydrogen) atoms. The third-order valence-electron chi connectivity index (χ3n) is 2.24. The lowest BCUT2D eigenvalue weighted by Crippen LogP contribution is -1.98. The monoisotopic (exact) mass is 326 g/mol. The molecule has 0 N–H and O–H groups in total. The van der Waals surface area contributed by atoms with Crippen LogP contribution in [0.1, 0.15) is 16.3 Å². The normalized spacial score (nSPS) is 10.3. The highest BCUT2D eigenvalue weighted by molar-refractivity contribution is 9.10. The van der Waals surface area contributed by atoms with Crippen molar-refractivity contribution in [1.82, 2.24) is 0 Å².